The van der Waals surface area contributed by atoms with Crippen molar-refractivity contribution in [2.45, 2.75) is 52.0 Å². The van der Waals surface area contributed by atoms with Crippen LogP contribution in [0.3, 0.4) is 0 Å². The Hall–Kier alpha value is -2.37. The molecule has 1 saturated carbocycles. The average molecular weight is 346 g/mol. The summed E-state index contributed by atoms with van der Waals surface area (Å²) in [7, 11) is 0. The van der Waals surface area contributed by atoms with E-state index >= 15 is 0 Å². The second-order valence-corrected chi connectivity index (χ2v) is 6.65. The Bertz CT molecular complexity index is 630. The van der Waals surface area contributed by atoms with Crippen LogP contribution in [-0.2, 0) is 20.7 Å². The summed E-state index contributed by atoms with van der Waals surface area (Å²) in [6, 6.07) is 7.05. The Morgan fingerprint density at radius 1 is 1.16 bits per heavy atom. The number of esters is 1. The third kappa shape index (κ3) is 6.21. The molecule has 1 aromatic rings. The number of nitrogens with one attached hydrogen (secondary N) is 2. The van der Waals surface area contributed by atoms with E-state index in [4.69, 9.17) is 4.74 Å². The summed E-state index contributed by atoms with van der Waals surface area (Å²) in [6.45, 7) is 3.55. The molecule has 1 fully saturated rings. The molecule has 25 heavy (non-hydrogen) atoms. The van der Waals surface area contributed by atoms with E-state index < -0.39 is 24.5 Å². The monoisotopic (exact) mass is 346 g/mol. The average Bonchev–Trinajstić information content (AvgIpc) is 2.57. The largest absolute Gasteiger partial charge is 0.455 e. The molecule has 0 bridgehead atoms. The van der Waals surface area contributed by atoms with Gasteiger partial charge in [-0.25, -0.2) is 4.79 Å². The number of hydrogen-bond donors (Lipinski definition) is 2. The SMILES string of the molecule is Cc1ccccc1CC(=O)OCC(=O)NC(=O)NC1CCCCC1C. The number of rotatable bonds is 5. The van der Waals surface area contributed by atoms with Gasteiger partial charge in [0.1, 0.15) is 0 Å². The van der Waals surface area contributed by atoms with Crippen LogP contribution in [0.5, 0.6) is 0 Å². The first-order valence-electron chi connectivity index (χ1n) is 8.76. The van der Waals surface area contributed by atoms with Crippen molar-refractivity contribution >= 4 is 17.9 Å². The van der Waals surface area contributed by atoms with Gasteiger partial charge < -0.3 is 10.1 Å². The van der Waals surface area contributed by atoms with Gasteiger partial charge >= 0.3 is 12.0 Å². The second kappa shape index (κ2) is 9.20. The van der Waals surface area contributed by atoms with Gasteiger partial charge in [-0.3, -0.25) is 14.9 Å². The first kappa shape index (κ1) is 19.0. The van der Waals surface area contributed by atoms with E-state index in [1.165, 1.54) is 6.42 Å². The molecule has 2 rings (SSSR count). The molecular formula is C19H26N2O4. The summed E-state index contributed by atoms with van der Waals surface area (Å²) in [6.07, 6.45) is 4.37. The molecule has 6 heteroatoms. The van der Waals surface area contributed by atoms with Crippen molar-refractivity contribution in [3.8, 4) is 0 Å². The van der Waals surface area contributed by atoms with Gasteiger partial charge in [-0.15, -0.1) is 0 Å². The molecule has 0 spiro atoms. The van der Waals surface area contributed by atoms with Crippen molar-refractivity contribution in [3.05, 3.63) is 35.4 Å². The van der Waals surface area contributed by atoms with Crippen LogP contribution >= 0.6 is 0 Å². The normalized spacial score (nSPS) is 19.8. The van der Waals surface area contributed by atoms with E-state index in [0.29, 0.717) is 5.92 Å². The number of benzene rings is 1. The number of amides is 3. The van der Waals surface area contributed by atoms with Crippen molar-refractivity contribution in [1.29, 1.82) is 0 Å². The summed E-state index contributed by atoms with van der Waals surface area (Å²) < 4.78 is 4.94. The molecule has 2 unspecified atom stereocenters. The number of carbonyl (C=O) groups excluding carboxylic acids is 3. The summed E-state index contributed by atoms with van der Waals surface area (Å²) in [5.74, 6) is -0.716. The highest BCUT2D eigenvalue weighted by molar-refractivity contribution is 5.95. The highest BCUT2D eigenvalue weighted by Crippen LogP contribution is 2.23. The van der Waals surface area contributed by atoms with Crippen LogP contribution in [0.15, 0.2) is 24.3 Å². The van der Waals surface area contributed by atoms with E-state index in [1.54, 1.807) is 0 Å². The summed E-state index contributed by atoms with van der Waals surface area (Å²) >= 11 is 0. The molecule has 1 aliphatic carbocycles. The van der Waals surface area contributed by atoms with Gasteiger partial charge in [0.15, 0.2) is 6.61 Å². The van der Waals surface area contributed by atoms with Crippen LogP contribution < -0.4 is 10.6 Å². The van der Waals surface area contributed by atoms with Gasteiger partial charge in [-0.1, -0.05) is 44.0 Å². The van der Waals surface area contributed by atoms with Crippen molar-refractivity contribution < 1.29 is 19.1 Å². The molecule has 2 N–H and O–H groups in total. The zero-order valence-corrected chi connectivity index (χ0v) is 14.8. The minimum Gasteiger partial charge on any atom is -0.455 e. The number of aryl methyl sites for hydroxylation is 1. The van der Waals surface area contributed by atoms with Crippen LogP contribution in [-0.4, -0.2) is 30.6 Å². The first-order chi connectivity index (χ1) is 12.0. The lowest BCUT2D eigenvalue weighted by molar-refractivity contribution is -0.147. The topological polar surface area (TPSA) is 84.5 Å². The van der Waals surface area contributed by atoms with Gasteiger partial charge in [-0.05, 0) is 36.8 Å². The predicted octanol–water partition coefficient (Wildman–Crippen LogP) is 2.49. The third-order valence-electron chi connectivity index (χ3n) is 4.64. The minimum atomic E-state index is -0.626. The molecule has 0 saturated heterocycles. The van der Waals surface area contributed by atoms with Gasteiger partial charge in [0.25, 0.3) is 5.91 Å². The van der Waals surface area contributed by atoms with Crippen LogP contribution in [0, 0.1) is 12.8 Å². The van der Waals surface area contributed by atoms with Crippen molar-refractivity contribution in [2.75, 3.05) is 6.61 Å². The standard InChI is InChI=1S/C19H26N2O4/c1-13-7-3-5-9-15(13)11-18(23)25-12-17(22)21-19(24)20-16-10-6-4-8-14(16)2/h3,5,7,9,14,16H,4,6,8,10-12H2,1-2H3,(H2,20,21,22,24). The Balaban J connectivity index is 1.70. The van der Waals surface area contributed by atoms with Crippen molar-refractivity contribution in [2.24, 2.45) is 5.92 Å². The molecule has 1 aromatic carbocycles. The van der Waals surface area contributed by atoms with E-state index in [9.17, 15) is 14.4 Å². The molecule has 0 radical (unpaired) electrons. The van der Waals surface area contributed by atoms with E-state index in [2.05, 4.69) is 17.6 Å². The van der Waals surface area contributed by atoms with Crippen LogP contribution in [0.25, 0.3) is 0 Å². The summed E-state index contributed by atoms with van der Waals surface area (Å²) in [4.78, 5) is 35.4. The van der Waals surface area contributed by atoms with E-state index in [0.717, 1.165) is 30.4 Å². The van der Waals surface area contributed by atoms with E-state index in [-0.39, 0.29) is 12.5 Å². The summed E-state index contributed by atoms with van der Waals surface area (Å²) in [5.41, 5.74) is 1.85. The molecule has 0 aliphatic heterocycles. The Morgan fingerprint density at radius 2 is 1.88 bits per heavy atom. The second-order valence-electron chi connectivity index (χ2n) is 6.65. The fourth-order valence-electron chi connectivity index (χ4n) is 3.06. The third-order valence-corrected chi connectivity index (χ3v) is 4.64. The number of hydrogen-bond acceptors (Lipinski definition) is 4. The maximum atomic E-state index is 11.9. The van der Waals surface area contributed by atoms with Crippen LogP contribution in [0.2, 0.25) is 0 Å². The molecule has 136 valence electrons. The van der Waals surface area contributed by atoms with Gasteiger partial charge in [0.2, 0.25) is 0 Å². The quantitative estimate of drug-likeness (QED) is 0.802. The maximum Gasteiger partial charge on any atom is 0.321 e. The molecule has 0 heterocycles. The Kier molecular flexibility index (Phi) is 6.98. The lowest BCUT2D eigenvalue weighted by atomic mass is 9.86. The molecular weight excluding hydrogens is 320 g/mol. The van der Waals surface area contributed by atoms with Gasteiger partial charge in [-0.2, -0.15) is 0 Å². The number of ether oxygens (including phenoxy) is 1. The number of urea groups is 1. The summed E-state index contributed by atoms with van der Waals surface area (Å²) in [5, 5.41) is 5.04. The number of carbonyl (C=O) groups is 3. The van der Waals surface area contributed by atoms with Gasteiger partial charge in [0, 0.05) is 6.04 Å². The number of imide groups is 1. The van der Waals surface area contributed by atoms with Gasteiger partial charge in [0.05, 0.1) is 6.42 Å². The Labute approximate surface area is 148 Å². The molecule has 6 nitrogen and oxygen atoms in total. The fourth-order valence-corrected chi connectivity index (χ4v) is 3.06. The van der Waals surface area contributed by atoms with Crippen molar-refractivity contribution in [1.82, 2.24) is 10.6 Å². The van der Waals surface area contributed by atoms with Crippen LogP contribution in [0.4, 0.5) is 4.79 Å². The highest BCUT2D eigenvalue weighted by atomic mass is 16.5. The zero-order chi connectivity index (χ0) is 18.2. The smallest absolute Gasteiger partial charge is 0.321 e. The minimum absolute atomic E-state index is 0.0881. The lowest BCUT2D eigenvalue weighted by Gasteiger charge is -2.29. The molecule has 1 aliphatic rings. The first-order valence-corrected chi connectivity index (χ1v) is 8.76. The highest BCUT2D eigenvalue weighted by Gasteiger charge is 2.23. The molecule has 3 amide bonds. The molecule has 2 atom stereocenters. The van der Waals surface area contributed by atoms with E-state index in [1.807, 2.05) is 31.2 Å². The van der Waals surface area contributed by atoms with Crippen LogP contribution in [0.1, 0.15) is 43.7 Å². The fraction of sp³-hybridized carbons (Fsp3) is 0.526. The predicted molar refractivity (Wildman–Crippen MR) is 93.9 cm³/mol. The molecule has 0 aromatic heterocycles. The Morgan fingerprint density at radius 3 is 2.60 bits per heavy atom. The lowest BCUT2D eigenvalue weighted by Crippen LogP contribution is -2.48. The zero-order valence-electron chi connectivity index (χ0n) is 14.8. The maximum absolute atomic E-state index is 11.9. The van der Waals surface area contributed by atoms with Crippen molar-refractivity contribution in [3.63, 3.8) is 0 Å².